The van der Waals surface area contributed by atoms with Crippen molar-refractivity contribution < 1.29 is 19.2 Å². The molecule has 148 valence electrons. The Labute approximate surface area is 161 Å². The summed E-state index contributed by atoms with van der Waals surface area (Å²) in [5.41, 5.74) is 0.0886. The fourth-order valence-corrected chi connectivity index (χ4v) is 3.93. The number of amides is 1. The van der Waals surface area contributed by atoms with Crippen molar-refractivity contribution in [1.82, 2.24) is 9.96 Å². The van der Waals surface area contributed by atoms with Gasteiger partial charge in [0, 0.05) is 25.7 Å². The Morgan fingerprint density at radius 3 is 2.30 bits per heavy atom. The molecule has 0 aliphatic carbocycles. The first kappa shape index (κ1) is 19.7. The lowest BCUT2D eigenvalue weighted by Crippen LogP contribution is -2.46. The summed E-state index contributed by atoms with van der Waals surface area (Å²) in [6.07, 6.45) is 3.65. The molecular weight excluding hydrogens is 344 g/mol. The van der Waals surface area contributed by atoms with Gasteiger partial charge in [-0.05, 0) is 64.5 Å². The molecule has 0 bridgehead atoms. The molecule has 2 fully saturated rings. The number of hydrogen-bond acceptors (Lipinski definition) is 5. The Morgan fingerprint density at radius 1 is 1.00 bits per heavy atom. The van der Waals surface area contributed by atoms with E-state index in [0.717, 1.165) is 32.2 Å². The fraction of sp³-hybridized carbons (Fsp3) is 0.619. The average molecular weight is 374 g/mol. The molecule has 27 heavy (non-hydrogen) atoms. The zero-order valence-electron chi connectivity index (χ0n) is 16.5. The molecule has 1 aromatic rings. The monoisotopic (exact) mass is 374 g/mol. The van der Waals surface area contributed by atoms with Gasteiger partial charge in [0.25, 0.3) is 0 Å². The van der Waals surface area contributed by atoms with Crippen LogP contribution in [0.1, 0.15) is 56.8 Å². The lowest BCUT2D eigenvalue weighted by Gasteiger charge is -2.37. The molecule has 2 heterocycles. The summed E-state index contributed by atoms with van der Waals surface area (Å²) in [5.74, 6) is 0.108. The zero-order valence-corrected chi connectivity index (χ0v) is 16.5. The number of ether oxygens (including phenoxy) is 1. The molecule has 1 amide bonds. The van der Waals surface area contributed by atoms with E-state index in [4.69, 9.17) is 9.57 Å². The minimum absolute atomic E-state index is 0.206. The lowest BCUT2D eigenvalue weighted by molar-refractivity contribution is -0.129. The number of hydroxylamine groups is 2. The average Bonchev–Trinajstić information content (AvgIpc) is 3.11. The van der Waals surface area contributed by atoms with Crippen molar-refractivity contribution in [2.75, 3.05) is 19.6 Å². The Hall–Kier alpha value is -2.08. The van der Waals surface area contributed by atoms with Crippen LogP contribution in [0.2, 0.25) is 0 Å². The highest BCUT2D eigenvalue weighted by atomic mass is 16.7. The first-order valence-corrected chi connectivity index (χ1v) is 9.85. The van der Waals surface area contributed by atoms with E-state index in [-0.39, 0.29) is 18.1 Å². The third-order valence-corrected chi connectivity index (χ3v) is 5.19. The van der Waals surface area contributed by atoms with Crippen LogP contribution in [-0.4, -0.2) is 53.3 Å². The minimum atomic E-state index is -0.473. The molecule has 2 aliphatic rings. The van der Waals surface area contributed by atoms with Gasteiger partial charge in [-0.1, -0.05) is 18.2 Å². The summed E-state index contributed by atoms with van der Waals surface area (Å²) in [5, 5.41) is 1.75. The second-order valence-electron chi connectivity index (χ2n) is 8.39. The van der Waals surface area contributed by atoms with E-state index >= 15 is 0 Å². The summed E-state index contributed by atoms with van der Waals surface area (Å²) >= 11 is 0. The largest absolute Gasteiger partial charge is 0.444 e. The molecule has 1 atom stereocenters. The van der Waals surface area contributed by atoms with Gasteiger partial charge >= 0.3 is 12.1 Å². The van der Waals surface area contributed by atoms with Crippen LogP contribution in [0.25, 0.3) is 0 Å². The van der Waals surface area contributed by atoms with E-state index in [2.05, 4.69) is 0 Å². The molecule has 1 aromatic carbocycles. The predicted octanol–water partition coefficient (Wildman–Crippen LogP) is 3.87. The van der Waals surface area contributed by atoms with Gasteiger partial charge in [-0.25, -0.2) is 9.59 Å². The second kappa shape index (κ2) is 8.30. The van der Waals surface area contributed by atoms with Gasteiger partial charge < -0.3 is 14.5 Å². The van der Waals surface area contributed by atoms with E-state index in [1.807, 2.05) is 43.9 Å². The van der Waals surface area contributed by atoms with Crippen molar-refractivity contribution in [3.63, 3.8) is 0 Å². The Morgan fingerprint density at radius 2 is 1.67 bits per heavy atom. The van der Waals surface area contributed by atoms with Crippen molar-refractivity contribution in [3.05, 3.63) is 35.9 Å². The van der Waals surface area contributed by atoms with Gasteiger partial charge in [0.05, 0.1) is 5.56 Å². The van der Waals surface area contributed by atoms with Crippen molar-refractivity contribution in [1.29, 1.82) is 0 Å². The third kappa shape index (κ3) is 5.22. The van der Waals surface area contributed by atoms with Gasteiger partial charge in [0.1, 0.15) is 5.60 Å². The number of carbonyl (C=O) groups is 2. The normalized spacial score (nSPS) is 21.9. The smallest absolute Gasteiger partial charge is 0.410 e. The summed E-state index contributed by atoms with van der Waals surface area (Å²) in [6, 6.07) is 9.27. The van der Waals surface area contributed by atoms with Crippen molar-refractivity contribution in [2.45, 2.75) is 58.1 Å². The molecule has 0 radical (unpaired) electrons. The number of benzene rings is 1. The summed E-state index contributed by atoms with van der Waals surface area (Å²) in [4.78, 5) is 32.1. The molecular formula is C21H30N2O4. The molecule has 1 unspecified atom stereocenters. The van der Waals surface area contributed by atoms with Crippen LogP contribution < -0.4 is 0 Å². The van der Waals surface area contributed by atoms with Crippen LogP contribution in [0.5, 0.6) is 0 Å². The second-order valence-corrected chi connectivity index (χ2v) is 8.39. The molecule has 6 heteroatoms. The topological polar surface area (TPSA) is 59.1 Å². The lowest BCUT2D eigenvalue weighted by atomic mass is 9.88. The van der Waals surface area contributed by atoms with Crippen LogP contribution in [0.3, 0.4) is 0 Å². The molecule has 2 aliphatic heterocycles. The van der Waals surface area contributed by atoms with Crippen LogP contribution >= 0.6 is 0 Å². The fourth-order valence-electron chi connectivity index (χ4n) is 3.93. The van der Waals surface area contributed by atoms with Gasteiger partial charge in [-0.15, -0.1) is 5.06 Å². The quantitative estimate of drug-likeness (QED) is 0.804. The maximum absolute atomic E-state index is 12.5. The molecule has 0 spiro atoms. The molecule has 0 aromatic heterocycles. The highest BCUT2D eigenvalue weighted by molar-refractivity contribution is 5.89. The highest BCUT2D eigenvalue weighted by Crippen LogP contribution is 2.32. The standard InChI is InChI=1S/C21H30N2O4/c1-21(2,3)26-20(25)23-13-7-10-18(23)16-11-14-22(15-12-16)27-19(24)17-8-5-4-6-9-17/h4-6,8-9,16,18H,7,10-15H2,1-3H3. The summed E-state index contributed by atoms with van der Waals surface area (Å²) in [7, 11) is 0. The van der Waals surface area contributed by atoms with E-state index in [1.54, 1.807) is 17.2 Å². The van der Waals surface area contributed by atoms with Crippen molar-refractivity contribution in [3.8, 4) is 0 Å². The van der Waals surface area contributed by atoms with E-state index in [0.29, 0.717) is 24.6 Å². The molecule has 0 N–H and O–H groups in total. The highest BCUT2D eigenvalue weighted by Gasteiger charge is 2.38. The predicted molar refractivity (Wildman–Crippen MR) is 102 cm³/mol. The van der Waals surface area contributed by atoms with Crippen LogP contribution in [0.4, 0.5) is 4.79 Å². The first-order valence-electron chi connectivity index (χ1n) is 9.85. The number of hydrogen-bond donors (Lipinski definition) is 0. The molecule has 6 nitrogen and oxygen atoms in total. The van der Waals surface area contributed by atoms with Gasteiger partial charge in [-0.2, -0.15) is 0 Å². The number of carbonyl (C=O) groups excluding carboxylic acids is 2. The summed E-state index contributed by atoms with van der Waals surface area (Å²) in [6.45, 7) is 7.85. The van der Waals surface area contributed by atoms with Crippen LogP contribution in [0.15, 0.2) is 30.3 Å². The van der Waals surface area contributed by atoms with Gasteiger partial charge in [-0.3, -0.25) is 0 Å². The number of likely N-dealkylation sites (tertiary alicyclic amines) is 1. The van der Waals surface area contributed by atoms with Gasteiger partial charge in [0.15, 0.2) is 0 Å². The zero-order chi connectivity index (χ0) is 19.4. The number of nitrogens with zero attached hydrogens (tertiary/aromatic N) is 2. The molecule has 2 saturated heterocycles. The van der Waals surface area contributed by atoms with Gasteiger partial charge in [0.2, 0.25) is 0 Å². The SMILES string of the molecule is CC(C)(C)OC(=O)N1CCCC1C1CCN(OC(=O)c2ccccc2)CC1. The maximum atomic E-state index is 12.5. The van der Waals surface area contributed by atoms with E-state index in [1.165, 1.54) is 0 Å². The van der Waals surface area contributed by atoms with Crippen molar-refractivity contribution >= 4 is 12.1 Å². The first-order chi connectivity index (χ1) is 12.8. The summed E-state index contributed by atoms with van der Waals surface area (Å²) < 4.78 is 5.57. The minimum Gasteiger partial charge on any atom is -0.444 e. The number of piperidine rings is 1. The van der Waals surface area contributed by atoms with Crippen LogP contribution in [-0.2, 0) is 9.57 Å². The Bertz CT molecular complexity index is 648. The Balaban J connectivity index is 1.51. The van der Waals surface area contributed by atoms with E-state index < -0.39 is 5.60 Å². The third-order valence-electron chi connectivity index (χ3n) is 5.19. The van der Waals surface area contributed by atoms with Crippen LogP contribution in [0, 0.1) is 5.92 Å². The molecule has 0 saturated carbocycles. The van der Waals surface area contributed by atoms with E-state index in [9.17, 15) is 9.59 Å². The van der Waals surface area contributed by atoms with Crippen molar-refractivity contribution in [2.24, 2.45) is 5.92 Å². The number of rotatable bonds is 3. The molecule has 3 rings (SSSR count). The maximum Gasteiger partial charge on any atom is 0.410 e. The Kier molecular flexibility index (Phi) is 6.05.